The van der Waals surface area contributed by atoms with Crippen LogP contribution < -0.4 is 5.32 Å². The first-order chi connectivity index (χ1) is 11.3. The molecule has 1 aromatic heterocycles. The molecule has 24 heavy (non-hydrogen) atoms. The van der Waals surface area contributed by atoms with Crippen LogP contribution in [0.2, 0.25) is 0 Å². The summed E-state index contributed by atoms with van der Waals surface area (Å²) >= 11 is 0. The van der Waals surface area contributed by atoms with Crippen molar-refractivity contribution in [1.82, 2.24) is 24.9 Å². The van der Waals surface area contributed by atoms with Crippen molar-refractivity contribution in [3.63, 3.8) is 0 Å². The molecule has 0 saturated carbocycles. The number of amides is 2. The van der Waals surface area contributed by atoms with Crippen LogP contribution in [0.1, 0.15) is 38.4 Å². The molecule has 2 heterocycles. The Hall–Kier alpha value is -1.89. The summed E-state index contributed by atoms with van der Waals surface area (Å²) in [5.74, 6) is -0.0713. The molecule has 1 unspecified atom stereocenters. The molecule has 1 atom stereocenters. The standard InChI is InChI=1S/C17H29N5O2/c1-6-22-13(4)14(10-19-22)11-20(5)16(23)9-15-17(24)18-7-8-21(15)12(2)3/h10,12,15H,6-9,11H2,1-5H3,(H,18,24). The van der Waals surface area contributed by atoms with Crippen molar-refractivity contribution >= 4 is 11.8 Å². The number of rotatable bonds is 6. The van der Waals surface area contributed by atoms with Gasteiger partial charge in [0.15, 0.2) is 0 Å². The summed E-state index contributed by atoms with van der Waals surface area (Å²) in [5.41, 5.74) is 2.12. The molecule has 1 fully saturated rings. The van der Waals surface area contributed by atoms with Crippen molar-refractivity contribution in [2.45, 2.75) is 59.3 Å². The zero-order valence-corrected chi connectivity index (χ0v) is 15.4. The number of aryl methyl sites for hydroxylation is 1. The lowest BCUT2D eigenvalue weighted by Gasteiger charge is -2.38. The monoisotopic (exact) mass is 335 g/mol. The van der Waals surface area contributed by atoms with Crippen molar-refractivity contribution in [3.8, 4) is 0 Å². The third kappa shape index (κ3) is 3.95. The Bertz CT molecular complexity index is 596. The van der Waals surface area contributed by atoms with Gasteiger partial charge in [0.2, 0.25) is 11.8 Å². The fourth-order valence-corrected chi connectivity index (χ4v) is 3.18. The maximum absolute atomic E-state index is 12.6. The number of hydrogen-bond donors (Lipinski definition) is 1. The number of aromatic nitrogens is 2. The fourth-order valence-electron chi connectivity index (χ4n) is 3.18. The molecule has 1 aliphatic heterocycles. The number of piperazine rings is 1. The number of hydrogen-bond acceptors (Lipinski definition) is 4. The maximum Gasteiger partial charge on any atom is 0.237 e. The summed E-state index contributed by atoms with van der Waals surface area (Å²) in [4.78, 5) is 28.6. The Labute approximate surface area is 144 Å². The van der Waals surface area contributed by atoms with E-state index in [1.54, 1.807) is 11.9 Å². The van der Waals surface area contributed by atoms with Gasteiger partial charge in [0.05, 0.1) is 18.7 Å². The predicted octanol–water partition coefficient (Wildman–Crippen LogP) is 0.769. The fraction of sp³-hybridized carbons (Fsp3) is 0.706. The van der Waals surface area contributed by atoms with Gasteiger partial charge in [0.25, 0.3) is 0 Å². The minimum atomic E-state index is -0.381. The molecule has 1 saturated heterocycles. The second-order valence-corrected chi connectivity index (χ2v) is 6.66. The van der Waals surface area contributed by atoms with E-state index in [0.29, 0.717) is 13.1 Å². The molecule has 7 nitrogen and oxygen atoms in total. The molecule has 7 heteroatoms. The molecular weight excluding hydrogens is 306 g/mol. The average Bonchev–Trinajstić information content (AvgIpc) is 2.89. The Kier molecular flexibility index (Phi) is 5.99. The van der Waals surface area contributed by atoms with Gasteiger partial charge in [0, 0.05) is 50.5 Å². The summed E-state index contributed by atoms with van der Waals surface area (Å²) in [6, 6.07) is -0.141. The molecule has 0 radical (unpaired) electrons. The van der Waals surface area contributed by atoms with Crippen molar-refractivity contribution < 1.29 is 9.59 Å². The van der Waals surface area contributed by atoms with Crippen molar-refractivity contribution in [2.75, 3.05) is 20.1 Å². The second-order valence-electron chi connectivity index (χ2n) is 6.66. The minimum Gasteiger partial charge on any atom is -0.353 e. The molecule has 2 amide bonds. The smallest absolute Gasteiger partial charge is 0.237 e. The van der Waals surface area contributed by atoms with E-state index in [4.69, 9.17) is 0 Å². The number of nitrogens with zero attached hydrogens (tertiary/aromatic N) is 4. The predicted molar refractivity (Wildman–Crippen MR) is 92.4 cm³/mol. The van der Waals surface area contributed by atoms with E-state index in [2.05, 4.69) is 29.2 Å². The summed E-state index contributed by atoms with van der Waals surface area (Å²) in [6.45, 7) is 10.9. The quantitative estimate of drug-likeness (QED) is 0.834. The first-order valence-electron chi connectivity index (χ1n) is 8.63. The summed E-state index contributed by atoms with van der Waals surface area (Å²) in [6.07, 6.45) is 2.03. The molecular formula is C17H29N5O2. The van der Waals surface area contributed by atoms with E-state index in [1.807, 2.05) is 24.7 Å². The molecule has 134 valence electrons. The molecule has 0 spiro atoms. The zero-order valence-electron chi connectivity index (χ0n) is 15.4. The van der Waals surface area contributed by atoms with Gasteiger partial charge in [-0.1, -0.05) is 0 Å². The van der Waals surface area contributed by atoms with E-state index < -0.39 is 0 Å². The third-order valence-electron chi connectivity index (χ3n) is 4.74. The van der Waals surface area contributed by atoms with Gasteiger partial charge in [-0.3, -0.25) is 19.2 Å². The molecule has 2 rings (SSSR count). The van der Waals surface area contributed by atoms with Crippen molar-refractivity contribution in [2.24, 2.45) is 0 Å². The summed E-state index contributed by atoms with van der Waals surface area (Å²) in [5, 5.41) is 7.18. The van der Waals surface area contributed by atoms with Gasteiger partial charge in [-0.15, -0.1) is 0 Å². The molecule has 1 N–H and O–H groups in total. The van der Waals surface area contributed by atoms with E-state index >= 15 is 0 Å². The summed E-state index contributed by atoms with van der Waals surface area (Å²) < 4.78 is 1.92. The first-order valence-corrected chi connectivity index (χ1v) is 8.63. The molecule has 0 aliphatic carbocycles. The highest BCUT2D eigenvalue weighted by molar-refractivity contribution is 5.88. The van der Waals surface area contributed by atoms with Gasteiger partial charge in [-0.2, -0.15) is 5.10 Å². The van der Waals surface area contributed by atoms with Crippen LogP contribution in [0.3, 0.4) is 0 Å². The van der Waals surface area contributed by atoms with Crippen LogP contribution in [-0.2, 0) is 22.7 Å². The highest BCUT2D eigenvalue weighted by Gasteiger charge is 2.33. The molecule has 0 aromatic carbocycles. The third-order valence-corrected chi connectivity index (χ3v) is 4.74. The van der Waals surface area contributed by atoms with Crippen LogP contribution >= 0.6 is 0 Å². The Morgan fingerprint density at radius 1 is 1.50 bits per heavy atom. The van der Waals surface area contributed by atoms with Gasteiger partial charge >= 0.3 is 0 Å². The normalized spacial score (nSPS) is 18.8. The lowest BCUT2D eigenvalue weighted by molar-refractivity contribution is -0.139. The molecule has 1 aliphatic rings. The van der Waals surface area contributed by atoms with Crippen LogP contribution in [0.5, 0.6) is 0 Å². The first kappa shape index (κ1) is 18.4. The topological polar surface area (TPSA) is 70.5 Å². The van der Waals surface area contributed by atoms with Gasteiger partial charge in [-0.05, 0) is 27.7 Å². The number of carbonyl (C=O) groups excluding carboxylic acids is 2. The zero-order chi connectivity index (χ0) is 17.9. The number of nitrogens with one attached hydrogen (secondary N) is 1. The maximum atomic E-state index is 12.6. The Morgan fingerprint density at radius 2 is 2.21 bits per heavy atom. The van der Waals surface area contributed by atoms with Crippen LogP contribution in [0.4, 0.5) is 0 Å². The molecule has 0 bridgehead atoms. The summed E-state index contributed by atoms with van der Waals surface area (Å²) in [7, 11) is 1.78. The Balaban J connectivity index is 2.01. The van der Waals surface area contributed by atoms with Gasteiger partial charge < -0.3 is 10.2 Å². The largest absolute Gasteiger partial charge is 0.353 e. The van der Waals surface area contributed by atoms with Gasteiger partial charge in [-0.25, -0.2) is 0 Å². The highest BCUT2D eigenvalue weighted by Crippen LogP contribution is 2.15. The van der Waals surface area contributed by atoms with Crippen LogP contribution in [0.15, 0.2) is 6.20 Å². The van der Waals surface area contributed by atoms with E-state index in [9.17, 15) is 9.59 Å². The lowest BCUT2D eigenvalue weighted by Crippen LogP contribution is -2.58. The van der Waals surface area contributed by atoms with Crippen molar-refractivity contribution in [1.29, 1.82) is 0 Å². The van der Waals surface area contributed by atoms with E-state index in [-0.39, 0.29) is 30.3 Å². The lowest BCUT2D eigenvalue weighted by atomic mass is 10.1. The second kappa shape index (κ2) is 7.79. The van der Waals surface area contributed by atoms with E-state index in [1.165, 1.54) is 0 Å². The van der Waals surface area contributed by atoms with Crippen LogP contribution in [-0.4, -0.2) is 63.6 Å². The number of carbonyl (C=O) groups is 2. The SMILES string of the molecule is CCn1ncc(CN(C)C(=O)CC2C(=O)NCCN2C(C)C)c1C. The van der Waals surface area contributed by atoms with Gasteiger partial charge in [0.1, 0.15) is 0 Å². The molecule has 1 aromatic rings. The van der Waals surface area contributed by atoms with Crippen molar-refractivity contribution in [3.05, 3.63) is 17.5 Å². The van der Waals surface area contributed by atoms with E-state index in [0.717, 1.165) is 24.3 Å². The average molecular weight is 335 g/mol. The minimum absolute atomic E-state index is 0.0219. The Morgan fingerprint density at radius 3 is 2.79 bits per heavy atom. The highest BCUT2D eigenvalue weighted by atomic mass is 16.2. The van der Waals surface area contributed by atoms with Crippen LogP contribution in [0, 0.1) is 6.92 Å². The van der Waals surface area contributed by atoms with Crippen LogP contribution in [0.25, 0.3) is 0 Å².